The molecule has 2 aromatic carbocycles. The number of nitro benzene ring substituents is 1. The largest absolute Gasteiger partial charge is 0.376 e. The van der Waals surface area contributed by atoms with Crippen LogP contribution in [0.3, 0.4) is 0 Å². The highest BCUT2D eigenvalue weighted by Crippen LogP contribution is 2.17. The van der Waals surface area contributed by atoms with Crippen molar-refractivity contribution >= 4 is 17.3 Å². The first-order valence-electron chi connectivity index (χ1n) is 8.64. The van der Waals surface area contributed by atoms with Gasteiger partial charge in [0.05, 0.1) is 11.5 Å². The molecule has 1 aliphatic rings. The van der Waals surface area contributed by atoms with E-state index in [2.05, 4.69) is 27.7 Å². The fourth-order valence-electron chi connectivity index (χ4n) is 3.13. The molecule has 0 spiro atoms. The zero-order valence-electron chi connectivity index (χ0n) is 14.4. The predicted molar refractivity (Wildman–Crippen MR) is 99.9 cm³/mol. The van der Waals surface area contributed by atoms with Crippen LogP contribution in [0.15, 0.2) is 54.6 Å². The smallest absolute Gasteiger partial charge is 0.271 e. The summed E-state index contributed by atoms with van der Waals surface area (Å²) in [5.41, 5.74) is 1.83. The van der Waals surface area contributed by atoms with Gasteiger partial charge in [0.1, 0.15) is 0 Å². The van der Waals surface area contributed by atoms with Gasteiger partial charge in [-0.25, -0.2) is 0 Å². The summed E-state index contributed by atoms with van der Waals surface area (Å²) in [6, 6.07) is 16.6. The molecule has 136 valence electrons. The Bertz CT molecular complexity index is 766. The molecule has 7 nitrogen and oxygen atoms in total. The Hall–Kier alpha value is -2.93. The summed E-state index contributed by atoms with van der Waals surface area (Å²) in [5, 5.41) is 16.7. The van der Waals surface area contributed by atoms with Crippen molar-refractivity contribution in [3.8, 4) is 0 Å². The molecule has 0 bridgehead atoms. The minimum atomic E-state index is -0.453. The fraction of sp³-hybridized carbons (Fsp3) is 0.316. The van der Waals surface area contributed by atoms with Crippen molar-refractivity contribution < 1.29 is 9.72 Å². The van der Waals surface area contributed by atoms with Crippen LogP contribution in [0.2, 0.25) is 0 Å². The average molecular weight is 354 g/mol. The highest BCUT2D eigenvalue weighted by molar-refractivity contribution is 5.81. The van der Waals surface area contributed by atoms with Crippen LogP contribution in [0.4, 0.5) is 11.4 Å². The first-order valence-corrected chi connectivity index (χ1v) is 8.64. The van der Waals surface area contributed by atoms with Crippen molar-refractivity contribution in [1.29, 1.82) is 0 Å². The summed E-state index contributed by atoms with van der Waals surface area (Å²) in [6.07, 6.45) is 0.926. The summed E-state index contributed by atoms with van der Waals surface area (Å²) in [5.74, 6) is -0.108. The Morgan fingerprint density at radius 3 is 2.77 bits per heavy atom. The van der Waals surface area contributed by atoms with Crippen molar-refractivity contribution in [2.45, 2.75) is 19.0 Å². The second kappa shape index (κ2) is 8.44. The monoisotopic (exact) mass is 354 g/mol. The van der Waals surface area contributed by atoms with E-state index >= 15 is 0 Å². The van der Waals surface area contributed by atoms with Crippen molar-refractivity contribution in [2.75, 3.05) is 25.0 Å². The van der Waals surface area contributed by atoms with E-state index < -0.39 is 4.92 Å². The molecule has 0 unspecified atom stereocenters. The number of nitrogens with zero attached hydrogens (tertiary/aromatic N) is 2. The number of carbonyl (C=O) groups excluding carboxylic acids is 1. The molecule has 1 atom stereocenters. The Kier molecular flexibility index (Phi) is 5.80. The second-order valence-corrected chi connectivity index (χ2v) is 6.43. The molecule has 1 aliphatic heterocycles. The third-order valence-electron chi connectivity index (χ3n) is 4.40. The quantitative estimate of drug-likeness (QED) is 0.589. The summed E-state index contributed by atoms with van der Waals surface area (Å²) < 4.78 is 0. The molecule has 0 aromatic heterocycles. The summed E-state index contributed by atoms with van der Waals surface area (Å²) in [4.78, 5) is 24.8. The van der Waals surface area contributed by atoms with Gasteiger partial charge in [-0.1, -0.05) is 36.4 Å². The highest BCUT2D eigenvalue weighted by atomic mass is 16.6. The molecule has 1 amide bonds. The van der Waals surface area contributed by atoms with Gasteiger partial charge >= 0.3 is 0 Å². The summed E-state index contributed by atoms with van der Waals surface area (Å²) in [7, 11) is 0. The van der Waals surface area contributed by atoms with Crippen molar-refractivity contribution in [3.05, 3.63) is 70.3 Å². The topological polar surface area (TPSA) is 87.5 Å². The van der Waals surface area contributed by atoms with Crippen LogP contribution in [-0.4, -0.2) is 41.4 Å². The van der Waals surface area contributed by atoms with Crippen LogP contribution in [0, 0.1) is 10.1 Å². The van der Waals surface area contributed by atoms with E-state index in [0.717, 1.165) is 26.1 Å². The van der Waals surface area contributed by atoms with E-state index in [1.54, 1.807) is 12.1 Å². The van der Waals surface area contributed by atoms with Gasteiger partial charge in [-0.2, -0.15) is 0 Å². The maximum atomic E-state index is 12.1. The number of nitrogens with one attached hydrogen (secondary N) is 2. The fourth-order valence-corrected chi connectivity index (χ4v) is 3.13. The van der Waals surface area contributed by atoms with E-state index in [1.807, 2.05) is 18.2 Å². The van der Waals surface area contributed by atoms with Crippen LogP contribution in [0.1, 0.15) is 12.0 Å². The number of rotatable bonds is 7. The van der Waals surface area contributed by atoms with Crippen LogP contribution < -0.4 is 10.6 Å². The lowest BCUT2D eigenvalue weighted by molar-refractivity contribution is -0.384. The first-order chi connectivity index (χ1) is 12.6. The van der Waals surface area contributed by atoms with Gasteiger partial charge in [0.15, 0.2) is 0 Å². The average Bonchev–Trinajstić information content (AvgIpc) is 3.08. The molecule has 7 heteroatoms. The Balaban J connectivity index is 1.43. The number of nitro groups is 1. The van der Waals surface area contributed by atoms with E-state index in [-0.39, 0.29) is 24.2 Å². The third-order valence-corrected chi connectivity index (χ3v) is 4.40. The first kappa shape index (κ1) is 17.9. The zero-order valence-corrected chi connectivity index (χ0v) is 14.4. The molecule has 0 radical (unpaired) electrons. The molecule has 2 aromatic rings. The van der Waals surface area contributed by atoms with E-state index in [4.69, 9.17) is 0 Å². The van der Waals surface area contributed by atoms with Crippen LogP contribution >= 0.6 is 0 Å². The Morgan fingerprint density at radius 2 is 2.00 bits per heavy atom. The van der Waals surface area contributed by atoms with Gasteiger partial charge in [0.25, 0.3) is 5.69 Å². The number of likely N-dealkylation sites (tertiary alicyclic amines) is 1. The lowest BCUT2D eigenvalue weighted by Crippen LogP contribution is -2.40. The number of amides is 1. The van der Waals surface area contributed by atoms with E-state index in [9.17, 15) is 14.9 Å². The van der Waals surface area contributed by atoms with Crippen molar-refractivity contribution in [3.63, 3.8) is 0 Å². The van der Waals surface area contributed by atoms with Gasteiger partial charge in [-0.15, -0.1) is 0 Å². The number of carbonyl (C=O) groups is 1. The molecule has 0 aliphatic carbocycles. The Morgan fingerprint density at radius 1 is 1.19 bits per heavy atom. The number of hydrogen-bond donors (Lipinski definition) is 2. The molecular weight excluding hydrogens is 332 g/mol. The number of hydrogen-bond acceptors (Lipinski definition) is 5. The van der Waals surface area contributed by atoms with Gasteiger partial charge in [-0.05, 0) is 18.1 Å². The summed E-state index contributed by atoms with van der Waals surface area (Å²) in [6.45, 7) is 2.77. The van der Waals surface area contributed by atoms with Gasteiger partial charge in [0, 0.05) is 43.5 Å². The normalized spacial score (nSPS) is 17.0. The van der Waals surface area contributed by atoms with Gasteiger partial charge < -0.3 is 10.6 Å². The number of benzene rings is 2. The van der Waals surface area contributed by atoms with E-state index in [1.165, 1.54) is 17.7 Å². The molecule has 1 fully saturated rings. The molecule has 0 saturated carbocycles. The molecule has 1 saturated heterocycles. The van der Waals surface area contributed by atoms with E-state index in [0.29, 0.717) is 5.69 Å². The molecule has 26 heavy (non-hydrogen) atoms. The molecule has 1 heterocycles. The third kappa shape index (κ3) is 5.03. The SMILES string of the molecule is O=C(CNc1cccc([N+](=O)[O-])c1)N[C@H]1CCN(Cc2ccccc2)C1. The lowest BCUT2D eigenvalue weighted by Gasteiger charge is -2.17. The summed E-state index contributed by atoms with van der Waals surface area (Å²) >= 11 is 0. The second-order valence-electron chi connectivity index (χ2n) is 6.43. The zero-order chi connectivity index (χ0) is 18.4. The molecule has 3 rings (SSSR count). The highest BCUT2D eigenvalue weighted by Gasteiger charge is 2.23. The molecule has 2 N–H and O–H groups in total. The van der Waals surface area contributed by atoms with Crippen LogP contribution in [0.25, 0.3) is 0 Å². The van der Waals surface area contributed by atoms with Crippen molar-refractivity contribution in [1.82, 2.24) is 10.2 Å². The predicted octanol–water partition coefficient (Wildman–Crippen LogP) is 2.40. The van der Waals surface area contributed by atoms with Gasteiger partial charge in [0.2, 0.25) is 5.91 Å². The standard InChI is InChI=1S/C19H22N4O3/c24-19(12-20-16-7-4-8-18(11-16)23(25)26)21-17-9-10-22(14-17)13-15-5-2-1-3-6-15/h1-8,11,17,20H,9-10,12-14H2,(H,21,24)/t17-/m0/s1. The number of non-ortho nitro benzene ring substituents is 1. The number of anilines is 1. The molecular formula is C19H22N4O3. The van der Waals surface area contributed by atoms with Crippen molar-refractivity contribution in [2.24, 2.45) is 0 Å². The minimum Gasteiger partial charge on any atom is -0.376 e. The van der Waals surface area contributed by atoms with Gasteiger partial charge in [-0.3, -0.25) is 19.8 Å². The lowest BCUT2D eigenvalue weighted by atomic mass is 10.2. The van der Waals surface area contributed by atoms with Crippen LogP contribution in [-0.2, 0) is 11.3 Å². The maximum Gasteiger partial charge on any atom is 0.271 e. The maximum absolute atomic E-state index is 12.1. The Labute approximate surface area is 152 Å². The minimum absolute atomic E-state index is 0.00255. The van der Waals surface area contributed by atoms with Crippen LogP contribution in [0.5, 0.6) is 0 Å².